The van der Waals surface area contributed by atoms with Gasteiger partial charge in [-0.1, -0.05) is 6.07 Å². The topological polar surface area (TPSA) is 78.9 Å². The highest BCUT2D eigenvalue weighted by Gasteiger charge is 2.21. The van der Waals surface area contributed by atoms with E-state index >= 15 is 0 Å². The van der Waals surface area contributed by atoms with Crippen LogP contribution in [0, 0.1) is 5.92 Å². The van der Waals surface area contributed by atoms with Gasteiger partial charge in [0, 0.05) is 25.1 Å². The molecule has 3 N–H and O–H groups in total. The highest BCUT2D eigenvalue weighted by atomic mass is 16.2. The lowest BCUT2D eigenvalue weighted by molar-refractivity contribution is -0.123. The van der Waals surface area contributed by atoms with Crippen LogP contribution >= 0.6 is 0 Å². The zero-order valence-corrected chi connectivity index (χ0v) is 15.7. The Kier molecular flexibility index (Phi) is 7.74. The molecule has 0 aliphatic carbocycles. The van der Waals surface area contributed by atoms with Crippen molar-refractivity contribution in [1.82, 2.24) is 25.9 Å². The Morgan fingerprint density at radius 3 is 2.67 bits per heavy atom. The van der Waals surface area contributed by atoms with Gasteiger partial charge in [0.25, 0.3) is 0 Å². The highest BCUT2D eigenvalue weighted by Crippen LogP contribution is 2.16. The summed E-state index contributed by atoms with van der Waals surface area (Å²) < 4.78 is 0. The van der Waals surface area contributed by atoms with E-state index in [4.69, 9.17) is 0 Å². The quantitative estimate of drug-likeness (QED) is 0.630. The Balaban J connectivity index is 1.51. The van der Waals surface area contributed by atoms with Gasteiger partial charge in [-0.15, -0.1) is 0 Å². The molecule has 1 amide bonds. The van der Waals surface area contributed by atoms with Gasteiger partial charge >= 0.3 is 0 Å². The number of hydrogen-bond donors (Lipinski definition) is 3. The summed E-state index contributed by atoms with van der Waals surface area (Å²) in [7, 11) is 0. The number of carbonyl (C=O) groups is 1. The number of carbonyl (C=O) groups excluding carboxylic acids is 1. The predicted molar refractivity (Wildman–Crippen MR) is 106 cm³/mol. The van der Waals surface area contributed by atoms with Crippen LogP contribution in [0.3, 0.4) is 0 Å². The first kappa shape index (κ1) is 19.5. The minimum absolute atomic E-state index is 0.0203. The van der Waals surface area contributed by atoms with Gasteiger partial charge in [0.15, 0.2) is 0 Å². The van der Waals surface area contributed by atoms with Crippen LogP contribution in [0.1, 0.15) is 36.6 Å². The molecule has 6 nitrogen and oxygen atoms in total. The van der Waals surface area contributed by atoms with E-state index in [1.165, 1.54) is 18.4 Å². The molecule has 0 saturated carbocycles. The Bertz CT molecular complexity index is 673. The minimum atomic E-state index is -0.412. The Hall–Kier alpha value is -2.31. The molecule has 1 fully saturated rings. The van der Waals surface area contributed by atoms with Crippen LogP contribution in [0.25, 0.3) is 0 Å². The second-order valence-electron chi connectivity index (χ2n) is 7.02. The van der Waals surface area contributed by atoms with Crippen LogP contribution in [0.15, 0.2) is 48.9 Å². The summed E-state index contributed by atoms with van der Waals surface area (Å²) in [6.07, 6.45) is 9.60. The van der Waals surface area contributed by atoms with Gasteiger partial charge in [-0.25, -0.2) is 0 Å². The molecule has 1 saturated heterocycles. The smallest absolute Gasteiger partial charge is 0.243 e. The monoisotopic (exact) mass is 367 g/mol. The first-order valence-corrected chi connectivity index (χ1v) is 9.84. The molecule has 0 aromatic carbocycles. The normalized spacial score (nSPS) is 16.0. The molecule has 144 valence electrons. The van der Waals surface area contributed by atoms with E-state index in [1.54, 1.807) is 18.6 Å². The summed E-state index contributed by atoms with van der Waals surface area (Å²) in [5.74, 6) is 0.714. The number of piperidine rings is 1. The van der Waals surface area contributed by atoms with Crippen molar-refractivity contribution in [2.75, 3.05) is 26.2 Å². The van der Waals surface area contributed by atoms with Gasteiger partial charge in [0.2, 0.25) is 5.91 Å². The third-order valence-electron chi connectivity index (χ3n) is 5.07. The Morgan fingerprint density at radius 2 is 1.93 bits per heavy atom. The minimum Gasteiger partial charge on any atom is -0.354 e. The molecule has 0 radical (unpaired) electrons. The van der Waals surface area contributed by atoms with Crippen LogP contribution in [0.5, 0.6) is 0 Å². The molecule has 3 rings (SSSR count). The number of nitrogens with one attached hydrogen (secondary N) is 3. The molecule has 1 aliphatic rings. The molecule has 1 aliphatic heterocycles. The van der Waals surface area contributed by atoms with Crippen molar-refractivity contribution in [2.45, 2.75) is 31.7 Å². The molecule has 0 spiro atoms. The third-order valence-corrected chi connectivity index (χ3v) is 5.07. The van der Waals surface area contributed by atoms with Crippen LogP contribution < -0.4 is 16.0 Å². The van der Waals surface area contributed by atoms with Crippen LogP contribution in [0.4, 0.5) is 0 Å². The molecule has 2 aromatic rings. The van der Waals surface area contributed by atoms with Crippen molar-refractivity contribution in [3.05, 3.63) is 60.2 Å². The second-order valence-corrected chi connectivity index (χ2v) is 7.02. The molecule has 6 heteroatoms. The SMILES string of the molecule is O=C(NCCc1ccncc1)C(NCCC1CCNCC1)c1ccccn1. The fraction of sp³-hybridized carbons (Fsp3) is 0.476. The lowest BCUT2D eigenvalue weighted by Crippen LogP contribution is -2.40. The number of pyridine rings is 2. The number of rotatable bonds is 9. The Labute approximate surface area is 161 Å². The van der Waals surface area contributed by atoms with E-state index in [0.717, 1.165) is 44.1 Å². The summed E-state index contributed by atoms with van der Waals surface area (Å²) in [5.41, 5.74) is 1.93. The second kappa shape index (κ2) is 10.7. The van der Waals surface area contributed by atoms with E-state index in [9.17, 15) is 4.79 Å². The molecule has 2 aromatic heterocycles. The summed E-state index contributed by atoms with van der Waals surface area (Å²) in [4.78, 5) is 21.2. The van der Waals surface area contributed by atoms with Gasteiger partial charge in [0.05, 0.1) is 5.69 Å². The third kappa shape index (κ3) is 6.41. The van der Waals surface area contributed by atoms with Crippen molar-refractivity contribution in [2.24, 2.45) is 5.92 Å². The standard InChI is InChI=1S/C21H29N5O/c27-21(26-16-9-18-6-13-23-14-7-18)20(19-3-1-2-10-24-19)25-15-8-17-4-11-22-12-5-17/h1-3,6-7,10,13-14,17,20,22,25H,4-5,8-9,11-12,15-16H2,(H,26,27). The van der Waals surface area contributed by atoms with Crippen LogP contribution in [-0.2, 0) is 11.2 Å². The lowest BCUT2D eigenvalue weighted by Gasteiger charge is -2.24. The molecule has 27 heavy (non-hydrogen) atoms. The maximum absolute atomic E-state index is 12.8. The first-order chi connectivity index (χ1) is 13.3. The van der Waals surface area contributed by atoms with Crippen molar-refractivity contribution in [3.8, 4) is 0 Å². The summed E-state index contributed by atoms with van der Waals surface area (Å²) >= 11 is 0. The van der Waals surface area contributed by atoms with Crippen molar-refractivity contribution in [3.63, 3.8) is 0 Å². The maximum atomic E-state index is 12.8. The largest absolute Gasteiger partial charge is 0.354 e. The van der Waals surface area contributed by atoms with E-state index < -0.39 is 6.04 Å². The molecule has 0 bridgehead atoms. The summed E-state index contributed by atoms with van der Waals surface area (Å²) in [6.45, 7) is 3.62. The van der Waals surface area contributed by atoms with E-state index in [1.807, 2.05) is 30.3 Å². The molecule has 1 atom stereocenters. The predicted octanol–water partition coefficient (Wildman–Crippen LogP) is 1.86. The molecule has 1 unspecified atom stereocenters. The van der Waals surface area contributed by atoms with Crippen molar-refractivity contribution >= 4 is 5.91 Å². The first-order valence-electron chi connectivity index (χ1n) is 9.84. The highest BCUT2D eigenvalue weighted by molar-refractivity contribution is 5.82. The van der Waals surface area contributed by atoms with E-state index in [-0.39, 0.29) is 5.91 Å². The number of hydrogen-bond acceptors (Lipinski definition) is 5. The number of nitrogens with zero attached hydrogens (tertiary/aromatic N) is 2. The zero-order valence-electron chi connectivity index (χ0n) is 15.7. The fourth-order valence-electron chi connectivity index (χ4n) is 3.46. The molecular formula is C21H29N5O. The van der Waals surface area contributed by atoms with Gasteiger partial charge < -0.3 is 16.0 Å². The molecular weight excluding hydrogens is 338 g/mol. The maximum Gasteiger partial charge on any atom is 0.243 e. The summed E-state index contributed by atoms with van der Waals surface area (Å²) in [5, 5.41) is 9.87. The number of amides is 1. The fourth-order valence-corrected chi connectivity index (χ4v) is 3.46. The van der Waals surface area contributed by atoms with Gasteiger partial charge in [-0.05, 0) is 81.1 Å². The van der Waals surface area contributed by atoms with E-state index in [2.05, 4.69) is 25.9 Å². The van der Waals surface area contributed by atoms with Gasteiger partial charge in [0.1, 0.15) is 6.04 Å². The van der Waals surface area contributed by atoms with Crippen molar-refractivity contribution < 1.29 is 4.79 Å². The molecule has 3 heterocycles. The van der Waals surface area contributed by atoms with Crippen LogP contribution in [-0.4, -0.2) is 42.1 Å². The summed E-state index contributed by atoms with van der Waals surface area (Å²) in [6, 6.07) is 9.24. The Morgan fingerprint density at radius 1 is 1.11 bits per heavy atom. The van der Waals surface area contributed by atoms with Crippen LogP contribution in [0.2, 0.25) is 0 Å². The van der Waals surface area contributed by atoms with Gasteiger partial charge in [-0.3, -0.25) is 14.8 Å². The van der Waals surface area contributed by atoms with Gasteiger partial charge in [-0.2, -0.15) is 0 Å². The zero-order chi connectivity index (χ0) is 18.7. The average molecular weight is 367 g/mol. The number of aromatic nitrogens is 2. The van der Waals surface area contributed by atoms with E-state index in [0.29, 0.717) is 6.54 Å². The van der Waals surface area contributed by atoms with Crippen molar-refractivity contribution in [1.29, 1.82) is 0 Å². The average Bonchev–Trinajstić information content (AvgIpc) is 2.73. The lowest BCUT2D eigenvalue weighted by atomic mass is 9.94.